The van der Waals surface area contributed by atoms with E-state index in [-0.39, 0.29) is 5.82 Å². The number of halogens is 1. The van der Waals surface area contributed by atoms with Crippen molar-refractivity contribution < 1.29 is 8.81 Å². The van der Waals surface area contributed by atoms with E-state index in [1.165, 1.54) is 12.1 Å². The molecule has 4 nitrogen and oxygen atoms in total. The molecule has 1 unspecified atom stereocenters. The van der Waals surface area contributed by atoms with Gasteiger partial charge < -0.3 is 10.2 Å². The molecule has 3 rings (SSSR count). The van der Waals surface area contributed by atoms with Crippen molar-refractivity contribution in [1.29, 1.82) is 0 Å². The SMILES string of the molecule is Cc1nccc(C(N)c2cc3cc(F)ccc3o2)n1. The van der Waals surface area contributed by atoms with E-state index in [2.05, 4.69) is 9.97 Å². The molecule has 0 bridgehead atoms. The van der Waals surface area contributed by atoms with Crippen LogP contribution >= 0.6 is 0 Å². The highest BCUT2D eigenvalue weighted by Gasteiger charge is 2.16. The molecule has 2 heterocycles. The van der Waals surface area contributed by atoms with E-state index < -0.39 is 6.04 Å². The summed E-state index contributed by atoms with van der Waals surface area (Å²) in [5.41, 5.74) is 7.39. The van der Waals surface area contributed by atoms with E-state index >= 15 is 0 Å². The summed E-state index contributed by atoms with van der Waals surface area (Å²) in [6.07, 6.45) is 1.65. The molecule has 1 atom stereocenters. The summed E-state index contributed by atoms with van der Waals surface area (Å²) in [5.74, 6) is 0.903. The first-order valence-electron chi connectivity index (χ1n) is 5.87. The van der Waals surface area contributed by atoms with Gasteiger partial charge in [0.25, 0.3) is 0 Å². The van der Waals surface area contributed by atoms with Gasteiger partial charge in [-0.15, -0.1) is 0 Å². The molecule has 0 aliphatic heterocycles. The number of aromatic nitrogens is 2. The molecule has 0 spiro atoms. The molecule has 3 aromatic rings. The van der Waals surface area contributed by atoms with Crippen LogP contribution in [0.5, 0.6) is 0 Å². The third-order valence-corrected chi connectivity index (χ3v) is 2.92. The second kappa shape index (κ2) is 4.44. The van der Waals surface area contributed by atoms with E-state index in [0.717, 1.165) is 0 Å². The fraction of sp³-hybridized carbons (Fsp3) is 0.143. The summed E-state index contributed by atoms with van der Waals surface area (Å²) in [6.45, 7) is 1.80. The number of hydrogen-bond donors (Lipinski definition) is 1. The number of furan rings is 1. The van der Waals surface area contributed by atoms with Crippen LogP contribution < -0.4 is 5.73 Å². The number of aryl methyl sites for hydroxylation is 1. The van der Waals surface area contributed by atoms with Crippen LogP contribution in [0.25, 0.3) is 11.0 Å². The Labute approximate surface area is 109 Å². The molecule has 0 aliphatic carbocycles. The molecule has 0 aliphatic rings. The molecule has 1 aromatic carbocycles. The van der Waals surface area contributed by atoms with Gasteiger partial charge in [-0.25, -0.2) is 14.4 Å². The average molecular weight is 257 g/mol. The zero-order valence-corrected chi connectivity index (χ0v) is 10.3. The van der Waals surface area contributed by atoms with Crippen LogP contribution in [-0.4, -0.2) is 9.97 Å². The van der Waals surface area contributed by atoms with Crippen LogP contribution in [0.1, 0.15) is 23.3 Å². The van der Waals surface area contributed by atoms with Crippen molar-refractivity contribution in [3.63, 3.8) is 0 Å². The van der Waals surface area contributed by atoms with Gasteiger partial charge in [0.15, 0.2) is 0 Å². The molecule has 0 saturated carbocycles. The second-order valence-electron chi connectivity index (χ2n) is 4.34. The molecule has 0 fully saturated rings. The lowest BCUT2D eigenvalue weighted by molar-refractivity contribution is 0.519. The molecule has 0 radical (unpaired) electrons. The number of nitrogens with zero attached hydrogens (tertiary/aromatic N) is 2. The van der Waals surface area contributed by atoms with Crippen molar-refractivity contribution in [2.75, 3.05) is 0 Å². The number of benzene rings is 1. The van der Waals surface area contributed by atoms with Gasteiger partial charge in [0.2, 0.25) is 0 Å². The molecule has 2 aromatic heterocycles. The van der Waals surface area contributed by atoms with Gasteiger partial charge in [0.1, 0.15) is 29.0 Å². The minimum atomic E-state index is -0.489. The lowest BCUT2D eigenvalue weighted by atomic mass is 10.1. The summed E-state index contributed by atoms with van der Waals surface area (Å²) in [6, 6.07) is 7.35. The molecule has 0 amide bonds. The van der Waals surface area contributed by atoms with Gasteiger partial charge in [-0.3, -0.25) is 0 Å². The third-order valence-electron chi connectivity index (χ3n) is 2.92. The molecule has 2 N–H and O–H groups in total. The topological polar surface area (TPSA) is 64.9 Å². The predicted molar refractivity (Wildman–Crippen MR) is 69.0 cm³/mol. The van der Waals surface area contributed by atoms with Crippen LogP contribution in [0, 0.1) is 12.7 Å². The highest BCUT2D eigenvalue weighted by molar-refractivity contribution is 5.78. The Balaban J connectivity index is 2.04. The first-order valence-corrected chi connectivity index (χ1v) is 5.87. The van der Waals surface area contributed by atoms with Gasteiger partial charge in [0, 0.05) is 11.6 Å². The Hall–Kier alpha value is -2.27. The Morgan fingerprint density at radius 1 is 1.26 bits per heavy atom. The Morgan fingerprint density at radius 3 is 2.89 bits per heavy atom. The lowest BCUT2D eigenvalue weighted by Gasteiger charge is -2.07. The highest BCUT2D eigenvalue weighted by Crippen LogP contribution is 2.26. The Kier molecular flexibility index (Phi) is 2.76. The van der Waals surface area contributed by atoms with Crippen molar-refractivity contribution in [3.8, 4) is 0 Å². The predicted octanol–water partition coefficient (Wildman–Crippen LogP) is 2.72. The Morgan fingerprint density at radius 2 is 2.11 bits per heavy atom. The van der Waals surface area contributed by atoms with E-state index in [0.29, 0.717) is 28.2 Å². The van der Waals surface area contributed by atoms with Crippen LogP contribution in [0.15, 0.2) is 40.9 Å². The zero-order valence-electron chi connectivity index (χ0n) is 10.3. The summed E-state index contributed by atoms with van der Waals surface area (Å²) in [7, 11) is 0. The maximum absolute atomic E-state index is 13.1. The third kappa shape index (κ3) is 2.20. The van der Waals surface area contributed by atoms with E-state index in [4.69, 9.17) is 10.2 Å². The van der Waals surface area contributed by atoms with E-state index in [1.807, 2.05) is 0 Å². The molecular weight excluding hydrogens is 245 g/mol. The van der Waals surface area contributed by atoms with Gasteiger partial charge >= 0.3 is 0 Å². The minimum Gasteiger partial charge on any atom is -0.459 e. The van der Waals surface area contributed by atoms with Crippen LogP contribution in [0.3, 0.4) is 0 Å². The second-order valence-corrected chi connectivity index (χ2v) is 4.34. The Bertz CT molecular complexity index is 738. The quantitative estimate of drug-likeness (QED) is 0.766. The molecule has 19 heavy (non-hydrogen) atoms. The van der Waals surface area contributed by atoms with Crippen LogP contribution in [-0.2, 0) is 0 Å². The smallest absolute Gasteiger partial charge is 0.134 e. The molecule has 96 valence electrons. The van der Waals surface area contributed by atoms with Gasteiger partial charge in [-0.05, 0) is 37.3 Å². The summed E-state index contributed by atoms with van der Waals surface area (Å²) in [5, 5.41) is 0.691. The number of fused-ring (bicyclic) bond motifs is 1. The van der Waals surface area contributed by atoms with E-state index in [1.54, 1.807) is 31.3 Å². The van der Waals surface area contributed by atoms with Crippen molar-refractivity contribution >= 4 is 11.0 Å². The average Bonchev–Trinajstić information content (AvgIpc) is 2.80. The van der Waals surface area contributed by atoms with Gasteiger partial charge in [-0.2, -0.15) is 0 Å². The zero-order chi connectivity index (χ0) is 13.4. The fourth-order valence-corrected chi connectivity index (χ4v) is 1.98. The molecular formula is C14H12FN3O. The van der Waals surface area contributed by atoms with Crippen molar-refractivity contribution in [2.24, 2.45) is 5.73 Å². The standard InChI is InChI=1S/C14H12FN3O/c1-8-17-5-4-11(18-8)14(16)13-7-9-6-10(15)2-3-12(9)19-13/h2-7,14H,16H2,1H3. The first-order chi connectivity index (χ1) is 9.13. The van der Waals surface area contributed by atoms with Crippen molar-refractivity contribution in [3.05, 3.63) is 59.6 Å². The normalized spacial score (nSPS) is 12.8. The minimum absolute atomic E-state index is 0.300. The number of nitrogens with two attached hydrogens (primary N) is 1. The maximum Gasteiger partial charge on any atom is 0.134 e. The van der Waals surface area contributed by atoms with Gasteiger partial charge in [-0.1, -0.05) is 0 Å². The van der Waals surface area contributed by atoms with Crippen LogP contribution in [0.4, 0.5) is 4.39 Å². The highest BCUT2D eigenvalue weighted by atomic mass is 19.1. The van der Waals surface area contributed by atoms with Crippen molar-refractivity contribution in [1.82, 2.24) is 9.97 Å². The summed E-state index contributed by atoms with van der Waals surface area (Å²) >= 11 is 0. The fourth-order valence-electron chi connectivity index (χ4n) is 1.98. The van der Waals surface area contributed by atoms with Crippen molar-refractivity contribution in [2.45, 2.75) is 13.0 Å². The monoisotopic (exact) mass is 257 g/mol. The molecule has 0 saturated heterocycles. The summed E-state index contributed by atoms with van der Waals surface area (Å²) in [4.78, 5) is 8.29. The number of hydrogen-bond acceptors (Lipinski definition) is 4. The van der Waals surface area contributed by atoms with E-state index in [9.17, 15) is 4.39 Å². The number of rotatable bonds is 2. The largest absolute Gasteiger partial charge is 0.459 e. The van der Waals surface area contributed by atoms with Crippen LogP contribution in [0.2, 0.25) is 0 Å². The van der Waals surface area contributed by atoms with Gasteiger partial charge in [0.05, 0.1) is 5.69 Å². The maximum atomic E-state index is 13.1. The molecule has 5 heteroatoms. The first kappa shape index (κ1) is 11.8. The summed E-state index contributed by atoms with van der Waals surface area (Å²) < 4.78 is 18.8. The lowest BCUT2D eigenvalue weighted by Crippen LogP contribution is -2.13.